The van der Waals surface area contributed by atoms with Crippen molar-refractivity contribution < 1.29 is 4.42 Å². The monoisotopic (exact) mass is 242 g/mol. The molecule has 0 saturated heterocycles. The van der Waals surface area contributed by atoms with E-state index in [2.05, 4.69) is 15.3 Å². The van der Waals surface area contributed by atoms with Gasteiger partial charge in [-0.2, -0.15) is 5.26 Å². The van der Waals surface area contributed by atoms with Crippen LogP contribution in [0.3, 0.4) is 0 Å². The molecule has 2 aromatic rings. The Labute approximate surface area is 105 Å². The molecular formula is C13H14N4O. The zero-order valence-corrected chi connectivity index (χ0v) is 10.6. The molecule has 0 fully saturated rings. The molecule has 0 amide bonds. The van der Waals surface area contributed by atoms with Crippen LogP contribution in [-0.2, 0) is 0 Å². The molecule has 2 heterocycles. The minimum Gasteiger partial charge on any atom is -0.466 e. The fraction of sp³-hybridized carbons (Fsp3) is 0.308. The molecule has 0 radical (unpaired) electrons. The number of rotatable bonds is 3. The molecule has 0 spiro atoms. The van der Waals surface area contributed by atoms with E-state index in [0.717, 1.165) is 17.1 Å². The van der Waals surface area contributed by atoms with Gasteiger partial charge in [-0.15, -0.1) is 0 Å². The summed E-state index contributed by atoms with van der Waals surface area (Å²) in [5, 5.41) is 11.9. The van der Waals surface area contributed by atoms with Crippen LogP contribution in [0.15, 0.2) is 22.7 Å². The summed E-state index contributed by atoms with van der Waals surface area (Å²) >= 11 is 0. The molecule has 5 nitrogen and oxygen atoms in total. The Balaban J connectivity index is 2.18. The van der Waals surface area contributed by atoms with E-state index in [1.807, 2.05) is 32.9 Å². The summed E-state index contributed by atoms with van der Waals surface area (Å²) in [7, 11) is 0. The molecule has 0 aliphatic carbocycles. The topological polar surface area (TPSA) is 74.7 Å². The lowest BCUT2D eigenvalue weighted by Gasteiger charge is -2.12. The van der Waals surface area contributed by atoms with Crippen molar-refractivity contribution in [2.45, 2.75) is 26.8 Å². The number of nitrogens with one attached hydrogen (secondary N) is 1. The van der Waals surface area contributed by atoms with E-state index in [1.165, 1.54) is 0 Å². The standard InChI is InChI=1S/C13H14N4O/c1-8-6-12(10(3)18-8)9(2)16-13-15-5-4-11(7-14)17-13/h4-6,9H,1-3H3,(H,15,16,17). The number of aryl methyl sites for hydroxylation is 2. The van der Waals surface area contributed by atoms with Crippen LogP contribution in [0.2, 0.25) is 0 Å². The van der Waals surface area contributed by atoms with Gasteiger partial charge in [0.15, 0.2) is 0 Å². The van der Waals surface area contributed by atoms with Crippen molar-refractivity contribution in [2.24, 2.45) is 0 Å². The summed E-state index contributed by atoms with van der Waals surface area (Å²) in [4.78, 5) is 8.16. The summed E-state index contributed by atoms with van der Waals surface area (Å²) in [5.74, 6) is 2.20. The molecule has 5 heteroatoms. The predicted octanol–water partition coefficient (Wildman–Crippen LogP) is 2.73. The van der Waals surface area contributed by atoms with Crippen LogP contribution in [-0.4, -0.2) is 9.97 Å². The summed E-state index contributed by atoms with van der Waals surface area (Å²) in [6.45, 7) is 5.84. The highest BCUT2D eigenvalue weighted by atomic mass is 16.3. The number of anilines is 1. The van der Waals surface area contributed by atoms with Gasteiger partial charge in [0.2, 0.25) is 5.95 Å². The second-order valence-electron chi connectivity index (χ2n) is 4.11. The van der Waals surface area contributed by atoms with Crippen LogP contribution in [0, 0.1) is 25.2 Å². The summed E-state index contributed by atoms with van der Waals surface area (Å²) in [6, 6.07) is 5.57. The molecule has 18 heavy (non-hydrogen) atoms. The number of furan rings is 1. The van der Waals surface area contributed by atoms with Gasteiger partial charge in [0, 0.05) is 11.8 Å². The van der Waals surface area contributed by atoms with Gasteiger partial charge in [-0.3, -0.25) is 0 Å². The van der Waals surface area contributed by atoms with Gasteiger partial charge < -0.3 is 9.73 Å². The first-order valence-electron chi connectivity index (χ1n) is 5.66. The van der Waals surface area contributed by atoms with E-state index in [1.54, 1.807) is 12.3 Å². The number of nitriles is 1. The lowest BCUT2D eigenvalue weighted by molar-refractivity contribution is 0.499. The predicted molar refractivity (Wildman–Crippen MR) is 67.0 cm³/mol. The van der Waals surface area contributed by atoms with Crippen molar-refractivity contribution in [1.82, 2.24) is 9.97 Å². The third-order valence-electron chi connectivity index (χ3n) is 2.66. The van der Waals surface area contributed by atoms with Crippen molar-refractivity contribution >= 4 is 5.95 Å². The highest BCUT2D eigenvalue weighted by Gasteiger charge is 2.13. The van der Waals surface area contributed by atoms with Gasteiger partial charge in [0.25, 0.3) is 0 Å². The quantitative estimate of drug-likeness (QED) is 0.895. The Morgan fingerprint density at radius 3 is 2.83 bits per heavy atom. The molecule has 1 unspecified atom stereocenters. The second-order valence-corrected chi connectivity index (χ2v) is 4.11. The molecule has 0 aliphatic heterocycles. The maximum atomic E-state index is 8.78. The van der Waals surface area contributed by atoms with Gasteiger partial charge in [-0.1, -0.05) is 0 Å². The molecule has 0 aliphatic rings. The van der Waals surface area contributed by atoms with Gasteiger partial charge in [-0.25, -0.2) is 9.97 Å². The van der Waals surface area contributed by atoms with E-state index in [-0.39, 0.29) is 6.04 Å². The van der Waals surface area contributed by atoms with Crippen LogP contribution in [0.1, 0.15) is 35.7 Å². The van der Waals surface area contributed by atoms with Crippen molar-refractivity contribution in [3.05, 3.63) is 41.1 Å². The van der Waals surface area contributed by atoms with E-state index in [0.29, 0.717) is 11.6 Å². The Morgan fingerprint density at radius 2 is 2.22 bits per heavy atom. The lowest BCUT2D eigenvalue weighted by Crippen LogP contribution is -2.10. The fourth-order valence-electron chi connectivity index (χ4n) is 1.84. The molecule has 0 aromatic carbocycles. The first-order valence-corrected chi connectivity index (χ1v) is 5.66. The van der Waals surface area contributed by atoms with E-state index >= 15 is 0 Å². The summed E-state index contributed by atoms with van der Waals surface area (Å²) in [5.41, 5.74) is 1.42. The highest BCUT2D eigenvalue weighted by Crippen LogP contribution is 2.23. The fourth-order valence-corrected chi connectivity index (χ4v) is 1.84. The maximum absolute atomic E-state index is 8.78. The Hall–Kier alpha value is -2.35. The minimum absolute atomic E-state index is 0.0244. The second kappa shape index (κ2) is 4.88. The summed E-state index contributed by atoms with van der Waals surface area (Å²) in [6.07, 6.45) is 1.56. The van der Waals surface area contributed by atoms with E-state index < -0.39 is 0 Å². The van der Waals surface area contributed by atoms with Crippen molar-refractivity contribution in [1.29, 1.82) is 5.26 Å². The highest BCUT2D eigenvalue weighted by molar-refractivity contribution is 5.35. The van der Waals surface area contributed by atoms with Crippen LogP contribution in [0.4, 0.5) is 5.95 Å². The van der Waals surface area contributed by atoms with Crippen LogP contribution >= 0.6 is 0 Å². The van der Waals surface area contributed by atoms with Gasteiger partial charge >= 0.3 is 0 Å². The Kier molecular flexibility index (Phi) is 3.28. The van der Waals surface area contributed by atoms with Crippen molar-refractivity contribution in [3.63, 3.8) is 0 Å². The molecule has 2 aromatic heterocycles. The van der Waals surface area contributed by atoms with Crippen LogP contribution in [0.5, 0.6) is 0 Å². The number of nitrogens with zero attached hydrogens (tertiary/aromatic N) is 3. The normalized spacial score (nSPS) is 11.9. The maximum Gasteiger partial charge on any atom is 0.224 e. The van der Waals surface area contributed by atoms with Crippen LogP contribution < -0.4 is 5.32 Å². The van der Waals surface area contributed by atoms with Gasteiger partial charge in [-0.05, 0) is 32.9 Å². The number of hydrogen-bond donors (Lipinski definition) is 1. The first-order chi connectivity index (χ1) is 8.60. The van der Waals surface area contributed by atoms with Crippen molar-refractivity contribution in [2.75, 3.05) is 5.32 Å². The number of aromatic nitrogens is 2. The zero-order chi connectivity index (χ0) is 13.1. The molecule has 0 saturated carbocycles. The largest absolute Gasteiger partial charge is 0.466 e. The van der Waals surface area contributed by atoms with Gasteiger partial charge in [0.1, 0.15) is 23.3 Å². The third-order valence-corrected chi connectivity index (χ3v) is 2.66. The van der Waals surface area contributed by atoms with E-state index in [4.69, 9.17) is 9.68 Å². The average Bonchev–Trinajstić information content (AvgIpc) is 2.69. The Bertz CT molecular complexity index is 597. The minimum atomic E-state index is 0.0244. The summed E-state index contributed by atoms with van der Waals surface area (Å²) < 4.78 is 5.49. The third kappa shape index (κ3) is 2.48. The lowest BCUT2D eigenvalue weighted by atomic mass is 10.1. The van der Waals surface area contributed by atoms with Gasteiger partial charge in [0.05, 0.1) is 6.04 Å². The smallest absolute Gasteiger partial charge is 0.224 e. The molecule has 0 bridgehead atoms. The zero-order valence-electron chi connectivity index (χ0n) is 10.6. The number of hydrogen-bond acceptors (Lipinski definition) is 5. The molecule has 1 N–H and O–H groups in total. The Morgan fingerprint density at radius 1 is 1.44 bits per heavy atom. The molecule has 2 rings (SSSR count). The molecule has 1 atom stereocenters. The van der Waals surface area contributed by atoms with Crippen molar-refractivity contribution in [3.8, 4) is 6.07 Å². The van der Waals surface area contributed by atoms with Crippen LogP contribution in [0.25, 0.3) is 0 Å². The SMILES string of the molecule is Cc1cc(C(C)Nc2nccc(C#N)n2)c(C)o1. The average molecular weight is 242 g/mol. The van der Waals surface area contributed by atoms with E-state index in [9.17, 15) is 0 Å². The first kappa shape index (κ1) is 12.1. The molecular weight excluding hydrogens is 228 g/mol. The molecule has 92 valence electrons.